The Morgan fingerprint density at radius 2 is 0.701 bits per heavy atom. The van der Waals surface area contributed by atoms with Gasteiger partial charge in [0.1, 0.15) is 0 Å². The predicted molar refractivity (Wildman–Crippen MR) is 283 cm³/mol. The highest BCUT2D eigenvalue weighted by Crippen LogP contribution is 2.53. The number of fused-ring (bicyclic) bond motifs is 6. The van der Waals surface area contributed by atoms with Gasteiger partial charge in [0.05, 0.1) is 5.69 Å². The highest BCUT2D eigenvalue weighted by Gasteiger charge is 2.38. The van der Waals surface area contributed by atoms with Gasteiger partial charge in [-0.2, -0.15) is 0 Å². The highest BCUT2D eigenvalue weighted by molar-refractivity contribution is 5.93. The molecule has 0 spiro atoms. The Morgan fingerprint density at radius 3 is 1.39 bits per heavy atom. The van der Waals surface area contributed by atoms with E-state index in [-0.39, 0.29) is 10.8 Å². The fourth-order valence-corrected chi connectivity index (χ4v) is 11.3. The smallest absolute Gasteiger partial charge is 0.0540 e. The van der Waals surface area contributed by atoms with E-state index in [2.05, 4.69) is 269 Å². The van der Waals surface area contributed by atoms with E-state index < -0.39 is 0 Å². The molecule has 0 saturated heterocycles. The van der Waals surface area contributed by atoms with Gasteiger partial charge in [0.15, 0.2) is 0 Å². The van der Waals surface area contributed by atoms with Crippen molar-refractivity contribution in [3.05, 3.63) is 259 Å². The van der Waals surface area contributed by atoms with Gasteiger partial charge in [0.25, 0.3) is 0 Å². The van der Waals surface area contributed by atoms with Gasteiger partial charge in [-0.1, -0.05) is 228 Å². The topological polar surface area (TPSA) is 3.24 Å². The molecule has 320 valence electrons. The van der Waals surface area contributed by atoms with Crippen molar-refractivity contribution in [1.82, 2.24) is 0 Å². The quantitative estimate of drug-likeness (QED) is 0.147. The Kier molecular flexibility index (Phi) is 9.59. The van der Waals surface area contributed by atoms with Gasteiger partial charge in [0, 0.05) is 27.8 Å². The van der Waals surface area contributed by atoms with Crippen LogP contribution in [0.5, 0.6) is 0 Å². The Bertz CT molecular complexity index is 3480. The zero-order valence-electron chi connectivity index (χ0n) is 38.5. The molecule has 0 aromatic heterocycles. The number of hydrogen-bond donors (Lipinski definition) is 0. The maximum Gasteiger partial charge on any atom is 0.0540 e. The van der Waals surface area contributed by atoms with Crippen LogP contribution in [0, 0.1) is 0 Å². The van der Waals surface area contributed by atoms with E-state index in [0.29, 0.717) is 0 Å². The van der Waals surface area contributed by atoms with Gasteiger partial charge < -0.3 is 4.90 Å². The third-order valence-corrected chi connectivity index (χ3v) is 14.7. The second-order valence-corrected chi connectivity index (χ2v) is 19.3. The van der Waals surface area contributed by atoms with Crippen molar-refractivity contribution in [2.45, 2.75) is 38.5 Å². The maximum absolute atomic E-state index is 2.45. The van der Waals surface area contributed by atoms with Gasteiger partial charge in [-0.25, -0.2) is 0 Å². The van der Waals surface area contributed by atoms with Crippen LogP contribution >= 0.6 is 0 Å². The maximum atomic E-state index is 2.45. The van der Waals surface area contributed by atoms with Crippen molar-refractivity contribution in [3.63, 3.8) is 0 Å². The van der Waals surface area contributed by atoms with Crippen LogP contribution in [0.15, 0.2) is 237 Å². The van der Waals surface area contributed by atoms with Crippen LogP contribution in [0.2, 0.25) is 0 Å². The van der Waals surface area contributed by atoms with Crippen LogP contribution in [-0.2, 0) is 10.8 Å². The lowest BCUT2D eigenvalue weighted by Gasteiger charge is -2.29. The van der Waals surface area contributed by atoms with Crippen LogP contribution in [0.4, 0.5) is 17.1 Å². The summed E-state index contributed by atoms with van der Waals surface area (Å²) in [6.07, 6.45) is 0. The number of nitrogens with zero attached hydrogens (tertiary/aromatic N) is 1. The molecule has 0 saturated carbocycles. The largest absolute Gasteiger partial charge is 0.310 e. The summed E-state index contributed by atoms with van der Waals surface area (Å²) in [6.45, 7) is 9.46. The second kappa shape index (κ2) is 15.9. The molecule has 0 unspecified atom stereocenters. The summed E-state index contributed by atoms with van der Waals surface area (Å²) in [7, 11) is 0. The van der Waals surface area contributed by atoms with Crippen molar-refractivity contribution in [3.8, 4) is 77.9 Å². The molecule has 0 radical (unpaired) electrons. The molecule has 12 rings (SSSR count). The number of rotatable bonds is 8. The lowest BCUT2D eigenvalue weighted by molar-refractivity contribution is 0.660. The SMILES string of the molecule is CC1(C)c2ccccc2-c2ccc(-c3ccc(N(c4cccc(-c5cccc6c5C(C)(C)c5ccccc5-6)c4)c4ccccc4-c4ccc(-c5ccc(-c6ccccc6)cc5)cc4)cc3)cc21. The van der Waals surface area contributed by atoms with Gasteiger partial charge in [-0.15, -0.1) is 0 Å². The number of para-hydroxylation sites is 1. The summed E-state index contributed by atoms with van der Waals surface area (Å²) in [4.78, 5) is 2.45. The van der Waals surface area contributed by atoms with Gasteiger partial charge >= 0.3 is 0 Å². The molecule has 1 heteroatoms. The zero-order chi connectivity index (χ0) is 45.3. The first-order valence-corrected chi connectivity index (χ1v) is 23.6. The van der Waals surface area contributed by atoms with E-state index >= 15 is 0 Å². The number of anilines is 3. The van der Waals surface area contributed by atoms with Gasteiger partial charge in [0.2, 0.25) is 0 Å². The average molecular weight is 858 g/mol. The predicted octanol–water partition coefficient (Wildman–Crippen LogP) is 18.1. The van der Waals surface area contributed by atoms with E-state index in [1.165, 1.54) is 100 Å². The average Bonchev–Trinajstić information content (AvgIpc) is 3.76. The standard InChI is InChI=1S/C66H51N/c1-65(2)60-25-11-8-21-56(60)58-41-38-50(43-62(58)65)48-36-39-52(40-37-48)67(53-19-14-18-51(42-53)55-23-15-24-59-57-22-9-12-26-61(57)66(3,4)64(55)59)63-27-13-10-20-54(63)49-34-32-47(33-35-49)46-30-28-45(29-31-46)44-16-6-5-7-17-44/h5-43H,1-4H3. The van der Waals surface area contributed by atoms with Crippen LogP contribution in [-0.4, -0.2) is 0 Å². The van der Waals surface area contributed by atoms with Crippen molar-refractivity contribution in [1.29, 1.82) is 0 Å². The molecule has 67 heavy (non-hydrogen) atoms. The van der Waals surface area contributed by atoms with E-state index in [1.54, 1.807) is 0 Å². The first-order valence-electron chi connectivity index (χ1n) is 23.6. The Balaban J connectivity index is 0.951. The molecule has 2 aliphatic rings. The Hall–Kier alpha value is -8.00. The second-order valence-electron chi connectivity index (χ2n) is 19.3. The van der Waals surface area contributed by atoms with Crippen molar-refractivity contribution < 1.29 is 0 Å². The van der Waals surface area contributed by atoms with E-state index in [0.717, 1.165) is 17.1 Å². The fraction of sp³-hybridized carbons (Fsp3) is 0.0909. The van der Waals surface area contributed by atoms with E-state index in [1.807, 2.05) is 0 Å². The molecule has 0 heterocycles. The Morgan fingerprint density at radius 1 is 0.254 bits per heavy atom. The summed E-state index contributed by atoms with van der Waals surface area (Å²) < 4.78 is 0. The van der Waals surface area contributed by atoms with Crippen LogP contribution in [0.3, 0.4) is 0 Å². The van der Waals surface area contributed by atoms with Gasteiger partial charge in [-0.3, -0.25) is 0 Å². The lowest BCUT2D eigenvalue weighted by atomic mass is 9.79. The van der Waals surface area contributed by atoms with Crippen molar-refractivity contribution in [2.24, 2.45) is 0 Å². The summed E-state index contributed by atoms with van der Waals surface area (Å²) >= 11 is 0. The third-order valence-electron chi connectivity index (χ3n) is 14.7. The number of hydrogen-bond acceptors (Lipinski definition) is 1. The molecule has 1 nitrogen and oxygen atoms in total. The van der Waals surface area contributed by atoms with Crippen LogP contribution in [0.25, 0.3) is 77.9 Å². The monoisotopic (exact) mass is 857 g/mol. The molecule has 0 N–H and O–H groups in total. The molecule has 10 aromatic carbocycles. The third kappa shape index (κ3) is 6.76. The molecule has 2 aliphatic carbocycles. The Labute approximate surface area is 395 Å². The highest BCUT2D eigenvalue weighted by atomic mass is 15.1. The zero-order valence-corrected chi connectivity index (χ0v) is 38.5. The van der Waals surface area contributed by atoms with Gasteiger partial charge in [-0.05, 0) is 131 Å². The minimum Gasteiger partial charge on any atom is -0.310 e. The first-order chi connectivity index (χ1) is 32.7. The summed E-state index contributed by atoms with van der Waals surface area (Å²) in [6, 6.07) is 87.4. The molecule has 0 amide bonds. The lowest BCUT2D eigenvalue weighted by Crippen LogP contribution is -2.16. The summed E-state index contributed by atoms with van der Waals surface area (Å²) in [5, 5.41) is 0. The molecule has 0 atom stereocenters. The van der Waals surface area contributed by atoms with E-state index in [4.69, 9.17) is 0 Å². The van der Waals surface area contributed by atoms with Crippen LogP contribution < -0.4 is 4.90 Å². The van der Waals surface area contributed by atoms with Crippen LogP contribution in [0.1, 0.15) is 49.9 Å². The molecular formula is C66H51N. The first kappa shape index (κ1) is 40.5. The molecule has 0 aliphatic heterocycles. The van der Waals surface area contributed by atoms with Crippen molar-refractivity contribution >= 4 is 17.1 Å². The molecule has 0 fully saturated rings. The summed E-state index contributed by atoms with van der Waals surface area (Å²) in [5.41, 5.74) is 26.1. The fourth-order valence-electron chi connectivity index (χ4n) is 11.3. The minimum atomic E-state index is -0.133. The molecule has 0 bridgehead atoms. The van der Waals surface area contributed by atoms with Crippen molar-refractivity contribution in [2.75, 3.05) is 4.90 Å². The normalized spacial score (nSPS) is 13.6. The molecule has 10 aromatic rings. The minimum absolute atomic E-state index is 0.0600. The van der Waals surface area contributed by atoms with E-state index in [9.17, 15) is 0 Å². The molecular weight excluding hydrogens is 807 g/mol. The summed E-state index contributed by atoms with van der Waals surface area (Å²) in [5.74, 6) is 0. The number of benzene rings is 10.